The van der Waals surface area contributed by atoms with Crippen LogP contribution in [0.15, 0.2) is 76.6 Å². The van der Waals surface area contributed by atoms with Gasteiger partial charge in [0.2, 0.25) is 5.88 Å². The molecule has 4 rings (SSSR count). The first-order chi connectivity index (χ1) is 17.8. The highest BCUT2D eigenvalue weighted by molar-refractivity contribution is 9.10. The van der Waals surface area contributed by atoms with Crippen LogP contribution in [-0.4, -0.2) is 19.7 Å². The smallest absolute Gasteiger partial charge is 0.344 e. The number of allylic oxidation sites excluding steroid dienone is 1. The molecular weight excluding hydrogens is 536 g/mol. The standard InChI is InChI=1S/C29H27BrN2O5/c1-17(2)12-13-35-24-11-8-18(14-26(24)34-3)27-21-10-9-19(15-25(21)37-28(32)22(27)16-31)36-29(33)20-6-4-5-7-23(20)30/h4-11,14-15,17,27H,12-13,32H2,1-3H3. The van der Waals surface area contributed by atoms with E-state index in [0.29, 0.717) is 45.4 Å². The molecule has 7 nitrogen and oxygen atoms in total. The summed E-state index contributed by atoms with van der Waals surface area (Å²) in [6, 6.07) is 19.8. The molecule has 0 amide bonds. The topological polar surface area (TPSA) is 104 Å². The van der Waals surface area contributed by atoms with E-state index in [0.717, 1.165) is 12.0 Å². The molecular formula is C29H27BrN2O5. The quantitative estimate of drug-likeness (QED) is 0.253. The maximum Gasteiger partial charge on any atom is 0.344 e. The first kappa shape index (κ1) is 26.1. The molecule has 0 saturated heterocycles. The fourth-order valence-electron chi connectivity index (χ4n) is 4.02. The molecule has 1 heterocycles. The van der Waals surface area contributed by atoms with Crippen molar-refractivity contribution in [1.29, 1.82) is 5.26 Å². The largest absolute Gasteiger partial charge is 0.493 e. The number of nitriles is 1. The molecule has 2 N–H and O–H groups in total. The second kappa shape index (κ2) is 11.4. The van der Waals surface area contributed by atoms with Gasteiger partial charge in [-0.3, -0.25) is 0 Å². The van der Waals surface area contributed by atoms with Crippen LogP contribution in [0.25, 0.3) is 0 Å². The highest BCUT2D eigenvalue weighted by Crippen LogP contribution is 2.45. The van der Waals surface area contributed by atoms with Crippen molar-refractivity contribution in [2.45, 2.75) is 26.2 Å². The van der Waals surface area contributed by atoms with Crippen LogP contribution in [0.5, 0.6) is 23.0 Å². The number of methoxy groups -OCH3 is 1. The third kappa shape index (κ3) is 5.73. The lowest BCUT2D eigenvalue weighted by atomic mass is 9.83. The van der Waals surface area contributed by atoms with E-state index in [1.54, 1.807) is 43.5 Å². The summed E-state index contributed by atoms with van der Waals surface area (Å²) in [6.45, 7) is 4.85. The van der Waals surface area contributed by atoms with Gasteiger partial charge in [0.1, 0.15) is 23.1 Å². The van der Waals surface area contributed by atoms with Crippen molar-refractivity contribution in [3.63, 3.8) is 0 Å². The number of benzene rings is 3. The van der Waals surface area contributed by atoms with Gasteiger partial charge in [0.15, 0.2) is 11.5 Å². The maximum atomic E-state index is 12.7. The zero-order chi connectivity index (χ0) is 26.5. The van der Waals surface area contributed by atoms with Crippen LogP contribution in [0.2, 0.25) is 0 Å². The molecule has 0 radical (unpaired) electrons. The van der Waals surface area contributed by atoms with Gasteiger partial charge in [0.25, 0.3) is 0 Å². The second-order valence-electron chi connectivity index (χ2n) is 8.94. The van der Waals surface area contributed by atoms with Crippen LogP contribution in [-0.2, 0) is 0 Å². The summed E-state index contributed by atoms with van der Waals surface area (Å²) in [7, 11) is 1.58. The zero-order valence-electron chi connectivity index (χ0n) is 20.8. The van der Waals surface area contributed by atoms with Crippen molar-refractivity contribution in [2.75, 3.05) is 13.7 Å². The molecule has 3 aromatic rings. The van der Waals surface area contributed by atoms with Crippen LogP contribution < -0.4 is 24.7 Å². The lowest BCUT2D eigenvalue weighted by Crippen LogP contribution is -2.21. The van der Waals surface area contributed by atoms with Crippen molar-refractivity contribution in [3.05, 3.63) is 93.3 Å². The summed E-state index contributed by atoms with van der Waals surface area (Å²) >= 11 is 3.37. The summed E-state index contributed by atoms with van der Waals surface area (Å²) in [4.78, 5) is 12.7. The second-order valence-corrected chi connectivity index (χ2v) is 9.79. The number of hydrogen-bond acceptors (Lipinski definition) is 7. The van der Waals surface area contributed by atoms with Crippen molar-refractivity contribution >= 4 is 21.9 Å². The Morgan fingerprint density at radius 1 is 1.14 bits per heavy atom. The Hall–Kier alpha value is -3.96. The molecule has 8 heteroatoms. The van der Waals surface area contributed by atoms with Gasteiger partial charge < -0.3 is 24.7 Å². The summed E-state index contributed by atoms with van der Waals surface area (Å²) in [6.07, 6.45) is 0.921. The van der Waals surface area contributed by atoms with Crippen molar-refractivity contribution in [3.8, 4) is 29.1 Å². The number of fused-ring (bicyclic) bond motifs is 1. The molecule has 0 aromatic heterocycles. The molecule has 37 heavy (non-hydrogen) atoms. The van der Waals surface area contributed by atoms with Gasteiger partial charge in [-0.1, -0.05) is 38.1 Å². The third-order valence-electron chi connectivity index (χ3n) is 5.97. The molecule has 1 atom stereocenters. The molecule has 3 aromatic carbocycles. The minimum Gasteiger partial charge on any atom is -0.493 e. The zero-order valence-corrected chi connectivity index (χ0v) is 22.4. The number of nitrogens with two attached hydrogens (primary N) is 1. The van der Waals surface area contributed by atoms with E-state index in [2.05, 4.69) is 35.8 Å². The van der Waals surface area contributed by atoms with Gasteiger partial charge in [-0.25, -0.2) is 4.79 Å². The van der Waals surface area contributed by atoms with Crippen LogP contribution in [0.4, 0.5) is 0 Å². The summed E-state index contributed by atoms with van der Waals surface area (Å²) in [5.41, 5.74) is 8.33. The Morgan fingerprint density at radius 2 is 1.92 bits per heavy atom. The summed E-state index contributed by atoms with van der Waals surface area (Å²) < 4.78 is 23.5. The van der Waals surface area contributed by atoms with Crippen LogP contribution >= 0.6 is 15.9 Å². The number of halogens is 1. The first-order valence-corrected chi connectivity index (χ1v) is 12.6. The molecule has 1 aliphatic rings. The molecule has 0 fully saturated rings. The average Bonchev–Trinajstić information content (AvgIpc) is 2.88. The first-order valence-electron chi connectivity index (χ1n) is 11.8. The monoisotopic (exact) mass is 562 g/mol. The fourth-order valence-corrected chi connectivity index (χ4v) is 4.47. The number of esters is 1. The van der Waals surface area contributed by atoms with E-state index in [1.807, 2.05) is 24.3 Å². The lowest BCUT2D eigenvalue weighted by Gasteiger charge is -2.27. The summed E-state index contributed by atoms with van der Waals surface area (Å²) in [5, 5.41) is 9.90. The fraction of sp³-hybridized carbons (Fsp3) is 0.241. The minimum atomic E-state index is -0.515. The Labute approximate surface area is 224 Å². The van der Waals surface area contributed by atoms with Gasteiger partial charge in [-0.15, -0.1) is 0 Å². The summed E-state index contributed by atoms with van der Waals surface area (Å²) in [5.74, 6) is 1.37. The van der Waals surface area contributed by atoms with Crippen molar-refractivity contribution in [2.24, 2.45) is 11.7 Å². The molecule has 0 aliphatic carbocycles. The van der Waals surface area contributed by atoms with Gasteiger partial charge in [-0.2, -0.15) is 5.26 Å². The number of ether oxygens (including phenoxy) is 4. The minimum absolute atomic E-state index is 0.00879. The predicted molar refractivity (Wildman–Crippen MR) is 143 cm³/mol. The third-order valence-corrected chi connectivity index (χ3v) is 6.66. The average molecular weight is 563 g/mol. The highest BCUT2D eigenvalue weighted by Gasteiger charge is 2.32. The molecule has 1 unspecified atom stereocenters. The molecule has 190 valence electrons. The van der Waals surface area contributed by atoms with Gasteiger partial charge >= 0.3 is 5.97 Å². The van der Waals surface area contributed by atoms with E-state index in [-0.39, 0.29) is 17.2 Å². The van der Waals surface area contributed by atoms with Crippen LogP contribution in [0.3, 0.4) is 0 Å². The Morgan fingerprint density at radius 3 is 2.62 bits per heavy atom. The maximum absolute atomic E-state index is 12.7. The predicted octanol–water partition coefficient (Wildman–Crippen LogP) is 6.32. The number of carbonyl (C=O) groups excluding carboxylic acids is 1. The SMILES string of the molecule is COc1cc(C2C(C#N)=C(N)Oc3cc(OC(=O)c4ccccc4Br)ccc32)ccc1OCCC(C)C. The van der Waals surface area contributed by atoms with E-state index < -0.39 is 11.9 Å². The molecule has 0 spiro atoms. The van der Waals surface area contributed by atoms with Crippen molar-refractivity contribution < 1.29 is 23.7 Å². The highest BCUT2D eigenvalue weighted by atomic mass is 79.9. The Balaban J connectivity index is 1.66. The van der Waals surface area contributed by atoms with Crippen LogP contribution in [0, 0.1) is 17.2 Å². The molecule has 1 aliphatic heterocycles. The number of nitrogens with zero attached hydrogens (tertiary/aromatic N) is 1. The van der Waals surface area contributed by atoms with E-state index in [1.165, 1.54) is 0 Å². The number of rotatable bonds is 8. The van der Waals surface area contributed by atoms with E-state index in [4.69, 9.17) is 24.7 Å². The van der Waals surface area contributed by atoms with E-state index >= 15 is 0 Å². The number of hydrogen-bond donors (Lipinski definition) is 1. The normalized spacial score (nSPS) is 14.4. The number of carbonyl (C=O) groups is 1. The van der Waals surface area contributed by atoms with Gasteiger partial charge in [0.05, 0.1) is 25.2 Å². The molecule has 0 bridgehead atoms. The van der Waals surface area contributed by atoms with Crippen molar-refractivity contribution in [1.82, 2.24) is 0 Å². The Kier molecular flexibility index (Phi) is 8.04. The van der Waals surface area contributed by atoms with Crippen LogP contribution in [0.1, 0.15) is 47.7 Å². The molecule has 0 saturated carbocycles. The van der Waals surface area contributed by atoms with E-state index in [9.17, 15) is 10.1 Å². The Bertz CT molecular complexity index is 1390. The van der Waals surface area contributed by atoms with Gasteiger partial charge in [0, 0.05) is 16.1 Å². The van der Waals surface area contributed by atoms with Gasteiger partial charge in [-0.05, 0) is 64.2 Å². The lowest BCUT2D eigenvalue weighted by molar-refractivity contribution is 0.0733.